The van der Waals surface area contributed by atoms with Crippen molar-refractivity contribution in [2.24, 2.45) is 0 Å². The lowest BCUT2D eigenvalue weighted by Crippen LogP contribution is -2.47. The Morgan fingerprint density at radius 1 is 1.26 bits per heavy atom. The highest BCUT2D eigenvalue weighted by Crippen LogP contribution is 2.13. The molecule has 1 aromatic rings. The highest BCUT2D eigenvalue weighted by Gasteiger charge is 2.18. The van der Waals surface area contributed by atoms with Gasteiger partial charge in [0.05, 0.1) is 0 Å². The number of rotatable bonds is 5. The monoisotopic (exact) mass is 376 g/mol. The maximum atomic E-state index is 10.5. The maximum Gasteiger partial charge on any atom is 0.303 e. The van der Waals surface area contributed by atoms with Gasteiger partial charge in [-0.1, -0.05) is 0 Å². The molecule has 0 unspecified atom stereocenters. The molecule has 0 amide bonds. The molecule has 19 heavy (non-hydrogen) atoms. The van der Waals surface area contributed by atoms with Crippen LogP contribution >= 0.6 is 22.6 Å². The number of aliphatic carboxylic acids is 1. The van der Waals surface area contributed by atoms with Crippen molar-refractivity contribution in [3.63, 3.8) is 0 Å². The molecule has 1 fully saturated rings. The van der Waals surface area contributed by atoms with E-state index in [4.69, 9.17) is 5.11 Å². The molecular formula is C12H17IN4O2. The van der Waals surface area contributed by atoms with Crippen LogP contribution in [0.5, 0.6) is 0 Å². The second-order valence-corrected chi connectivity index (χ2v) is 5.65. The number of carbonyl (C=O) groups is 1. The van der Waals surface area contributed by atoms with Crippen LogP contribution in [0.2, 0.25) is 0 Å². The summed E-state index contributed by atoms with van der Waals surface area (Å²) in [5.74, 6) is 0.207. The van der Waals surface area contributed by atoms with Crippen LogP contribution in [0.15, 0.2) is 12.1 Å². The number of piperazine rings is 1. The van der Waals surface area contributed by atoms with Crippen molar-refractivity contribution in [1.82, 2.24) is 15.1 Å². The highest BCUT2D eigenvalue weighted by molar-refractivity contribution is 14.1. The molecule has 104 valence electrons. The minimum Gasteiger partial charge on any atom is -0.481 e. The zero-order valence-electron chi connectivity index (χ0n) is 10.6. The Kier molecular flexibility index (Phi) is 5.32. The summed E-state index contributed by atoms with van der Waals surface area (Å²) in [4.78, 5) is 15.0. The van der Waals surface area contributed by atoms with Crippen LogP contribution in [0, 0.1) is 3.70 Å². The molecule has 0 saturated carbocycles. The van der Waals surface area contributed by atoms with E-state index in [9.17, 15) is 4.79 Å². The van der Waals surface area contributed by atoms with E-state index in [1.165, 1.54) is 0 Å². The second-order valence-electron chi connectivity index (χ2n) is 4.54. The zero-order valence-corrected chi connectivity index (χ0v) is 12.8. The molecule has 0 spiro atoms. The molecule has 1 aliphatic heterocycles. The highest BCUT2D eigenvalue weighted by atomic mass is 127. The van der Waals surface area contributed by atoms with Crippen LogP contribution in [-0.2, 0) is 4.79 Å². The molecule has 7 heteroatoms. The fraction of sp³-hybridized carbons (Fsp3) is 0.583. The van der Waals surface area contributed by atoms with Crippen molar-refractivity contribution in [2.75, 3.05) is 37.6 Å². The molecular weight excluding hydrogens is 359 g/mol. The van der Waals surface area contributed by atoms with Gasteiger partial charge in [-0.15, -0.1) is 10.2 Å². The summed E-state index contributed by atoms with van der Waals surface area (Å²) in [6.07, 6.45) is 0.974. The summed E-state index contributed by atoms with van der Waals surface area (Å²) in [5, 5.41) is 16.9. The standard InChI is InChI=1S/C12H17IN4O2/c13-10-3-4-11(15-14-10)17-8-6-16(7-9-17)5-1-2-12(18)19/h3-4H,1-2,5-9H2,(H,18,19). The van der Waals surface area contributed by atoms with Gasteiger partial charge in [0.15, 0.2) is 5.82 Å². The Labute approximate surface area is 125 Å². The predicted molar refractivity (Wildman–Crippen MR) is 80.3 cm³/mol. The number of hydrogen-bond acceptors (Lipinski definition) is 5. The average molecular weight is 376 g/mol. The Morgan fingerprint density at radius 3 is 2.58 bits per heavy atom. The first-order chi connectivity index (χ1) is 9.15. The van der Waals surface area contributed by atoms with Crippen molar-refractivity contribution >= 4 is 34.4 Å². The molecule has 0 bridgehead atoms. The summed E-state index contributed by atoms with van der Waals surface area (Å²) < 4.78 is 0.897. The lowest BCUT2D eigenvalue weighted by atomic mass is 10.2. The Morgan fingerprint density at radius 2 is 2.00 bits per heavy atom. The normalized spacial score (nSPS) is 16.6. The number of halogens is 1. The molecule has 1 N–H and O–H groups in total. The number of aromatic nitrogens is 2. The average Bonchev–Trinajstić information content (AvgIpc) is 2.40. The van der Waals surface area contributed by atoms with Crippen LogP contribution in [0.4, 0.5) is 5.82 Å². The van der Waals surface area contributed by atoms with Gasteiger partial charge in [0.2, 0.25) is 0 Å². The first kappa shape index (κ1) is 14.4. The summed E-state index contributed by atoms with van der Waals surface area (Å²) in [7, 11) is 0. The predicted octanol–water partition coefficient (Wildman–Crippen LogP) is 1.07. The van der Waals surface area contributed by atoms with Gasteiger partial charge in [-0.3, -0.25) is 9.69 Å². The summed E-state index contributed by atoms with van der Waals surface area (Å²) in [5.41, 5.74) is 0. The Bertz CT molecular complexity index is 418. The Hall–Kier alpha value is -0.960. The minimum atomic E-state index is -0.715. The van der Waals surface area contributed by atoms with Gasteiger partial charge in [0.1, 0.15) is 3.70 Å². The second kappa shape index (κ2) is 6.99. The van der Waals surface area contributed by atoms with Gasteiger partial charge in [0, 0.05) is 32.6 Å². The van der Waals surface area contributed by atoms with Gasteiger partial charge in [-0.25, -0.2) is 0 Å². The smallest absolute Gasteiger partial charge is 0.303 e. The number of anilines is 1. The molecule has 0 aromatic carbocycles. The van der Waals surface area contributed by atoms with Crippen molar-refractivity contribution in [3.05, 3.63) is 15.8 Å². The van der Waals surface area contributed by atoms with Crippen LogP contribution in [0.25, 0.3) is 0 Å². The van der Waals surface area contributed by atoms with Gasteiger partial charge in [0.25, 0.3) is 0 Å². The van der Waals surface area contributed by atoms with E-state index >= 15 is 0 Å². The number of carboxylic acids is 1. The molecule has 1 aliphatic rings. The molecule has 2 heterocycles. The van der Waals surface area contributed by atoms with E-state index in [2.05, 4.69) is 42.6 Å². The first-order valence-corrected chi connectivity index (χ1v) is 7.41. The van der Waals surface area contributed by atoms with Crippen LogP contribution < -0.4 is 4.90 Å². The van der Waals surface area contributed by atoms with E-state index in [0.29, 0.717) is 0 Å². The van der Waals surface area contributed by atoms with E-state index in [1.807, 2.05) is 12.1 Å². The van der Waals surface area contributed by atoms with E-state index in [1.54, 1.807) is 0 Å². The van der Waals surface area contributed by atoms with E-state index < -0.39 is 5.97 Å². The molecule has 6 nitrogen and oxygen atoms in total. The zero-order chi connectivity index (χ0) is 13.7. The molecule has 1 aromatic heterocycles. The van der Waals surface area contributed by atoms with Crippen molar-refractivity contribution in [3.8, 4) is 0 Å². The summed E-state index contributed by atoms with van der Waals surface area (Å²) in [6.45, 7) is 4.60. The summed E-state index contributed by atoms with van der Waals surface area (Å²) in [6, 6.07) is 3.96. The fourth-order valence-electron chi connectivity index (χ4n) is 2.13. The molecule has 0 aliphatic carbocycles. The maximum absolute atomic E-state index is 10.5. The van der Waals surface area contributed by atoms with Crippen LogP contribution in [0.3, 0.4) is 0 Å². The van der Waals surface area contributed by atoms with Gasteiger partial charge in [-0.05, 0) is 47.7 Å². The number of hydrogen-bond donors (Lipinski definition) is 1. The lowest BCUT2D eigenvalue weighted by molar-refractivity contribution is -0.137. The quantitative estimate of drug-likeness (QED) is 0.776. The SMILES string of the molecule is O=C(O)CCCN1CCN(c2ccc(I)nn2)CC1. The summed E-state index contributed by atoms with van der Waals surface area (Å²) >= 11 is 2.14. The van der Waals surface area contributed by atoms with E-state index in [0.717, 1.165) is 48.7 Å². The fourth-order valence-corrected chi connectivity index (χ4v) is 2.42. The number of carboxylic acid groups (broad SMARTS) is 1. The molecule has 2 rings (SSSR count). The third-order valence-corrected chi connectivity index (χ3v) is 3.75. The first-order valence-electron chi connectivity index (χ1n) is 6.33. The van der Waals surface area contributed by atoms with E-state index in [-0.39, 0.29) is 6.42 Å². The van der Waals surface area contributed by atoms with Gasteiger partial charge in [-0.2, -0.15) is 0 Å². The largest absolute Gasteiger partial charge is 0.481 e. The molecule has 1 saturated heterocycles. The third kappa shape index (κ3) is 4.57. The van der Waals surface area contributed by atoms with Crippen molar-refractivity contribution < 1.29 is 9.90 Å². The third-order valence-electron chi connectivity index (χ3n) is 3.18. The Balaban J connectivity index is 1.76. The topological polar surface area (TPSA) is 69.6 Å². The molecule has 0 radical (unpaired) electrons. The minimum absolute atomic E-state index is 0.253. The van der Waals surface area contributed by atoms with Crippen molar-refractivity contribution in [2.45, 2.75) is 12.8 Å². The van der Waals surface area contributed by atoms with Crippen LogP contribution in [0.1, 0.15) is 12.8 Å². The van der Waals surface area contributed by atoms with Crippen LogP contribution in [-0.4, -0.2) is 58.9 Å². The van der Waals surface area contributed by atoms with Gasteiger partial charge >= 0.3 is 5.97 Å². The van der Waals surface area contributed by atoms with Gasteiger partial charge < -0.3 is 10.0 Å². The lowest BCUT2D eigenvalue weighted by Gasteiger charge is -2.35. The van der Waals surface area contributed by atoms with Crippen molar-refractivity contribution in [1.29, 1.82) is 0 Å². The number of nitrogens with zero attached hydrogens (tertiary/aromatic N) is 4. The molecule has 0 atom stereocenters.